The largest absolute Gasteiger partial charge is 0.444 e. The van der Waals surface area contributed by atoms with Crippen LogP contribution in [-0.2, 0) is 11.8 Å². The highest BCUT2D eigenvalue weighted by molar-refractivity contribution is 6.03. The highest BCUT2D eigenvalue weighted by Gasteiger charge is 2.19. The number of hydrogen-bond donors (Lipinski definition) is 2. The van der Waals surface area contributed by atoms with Gasteiger partial charge in [0.15, 0.2) is 5.65 Å². The van der Waals surface area contributed by atoms with Gasteiger partial charge in [0.05, 0.1) is 29.5 Å². The van der Waals surface area contributed by atoms with Crippen LogP contribution in [-0.4, -0.2) is 47.0 Å². The van der Waals surface area contributed by atoms with E-state index in [1.54, 1.807) is 55.2 Å². The van der Waals surface area contributed by atoms with Crippen LogP contribution in [0.3, 0.4) is 0 Å². The van der Waals surface area contributed by atoms with Crippen molar-refractivity contribution in [2.24, 2.45) is 7.05 Å². The molecule has 0 aliphatic heterocycles. The summed E-state index contributed by atoms with van der Waals surface area (Å²) in [5.74, 6) is -0.344. The second-order valence-electron chi connectivity index (χ2n) is 8.51. The average Bonchev–Trinajstić information content (AvgIpc) is 3.34. The van der Waals surface area contributed by atoms with Crippen molar-refractivity contribution in [1.82, 2.24) is 29.4 Å². The normalized spacial score (nSPS) is 11.4. The van der Waals surface area contributed by atoms with Gasteiger partial charge in [-0.15, -0.1) is 10.2 Å². The molecule has 0 fully saturated rings. The molecule has 0 unspecified atom stereocenters. The molecule has 4 aromatic rings. The Labute approximate surface area is 189 Å². The maximum atomic E-state index is 12.9. The van der Waals surface area contributed by atoms with E-state index in [4.69, 9.17) is 4.74 Å². The highest BCUT2D eigenvalue weighted by Crippen LogP contribution is 2.22. The molecule has 0 spiro atoms. The number of amides is 2. The molecule has 0 atom stereocenters. The lowest BCUT2D eigenvalue weighted by atomic mass is 10.1. The van der Waals surface area contributed by atoms with Gasteiger partial charge in [-0.3, -0.25) is 24.2 Å². The first-order chi connectivity index (χ1) is 15.6. The number of aromatic nitrogens is 6. The van der Waals surface area contributed by atoms with Gasteiger partial charge >= 0.3 is 6.09 Å². The van der Waals surface area contributed by atoms with Gasteiger partial charge in [-0.25, -0.2) is 4.79 Å². The van der Waals surface area contributed by atoms with Gasteiger partial charge in [-0.1, -0.05) is 0 Å². The molecule has 0 radical (unpaired) electrons. The summed E-state index contributed by atoms with van der Waals surface area (Å²) in [4.78, 5) is 29.2. The van der Waals surface area contributed by atoms with Crippen LogP contribution in [0.4, 0.5) is 16.2 Å². The van der Waals surface area contributed by atoms with Crippen LogP contribution < -0.4 is 10.6 Å². The number of ether oxygens (including phenoxy) is 1. The third-order valence-corrected chi connectivity index (χ3v) is 4.63. The SMILES string of the molecule is Cc1ncc(NC(=O)OC(C)(C)C)cc1NC(=O)c1nnc2cc(-c3cnn(C)c3)ccn12. The van der Waals surface area contributed by atoms with Crippen LogP contribution in [0.15, 0.2) is 43.0 Å². The first-order valence-corrected chi connectivity index (χ1v) is 10.2. The van der Waals surface area contributed by atoms with E-state index in [2.05, 4.69) is 30.9 Å². The zero-order valence-electron chi connectivity index (χ0n) is 18.9. The lowest BCUT2D eigenvalue weighted by Crippen LogP contribution is -2.27. The second kappa shape index (κ2) is 8.34. The highest BCUT2D eigenvalue weighted by atomic mass is 16.6. The summed E-state index contributed by atoms with van der Waals surface area (Å²) >= 11 is 0. The molecule has 0 bridgehead atoms. The minimum atomic E-state index is -0.634. The topological polar surface area (TPSA) is 128 Å². The number of carbonyl (C=O) groups excluding carboxylic acids is 2. The number of carbonyl (C=O) groups is 2. The van der Waals surface area contributed by atoms with E-state index in [1.165, 1.54) is 6.20 Å². The van der Waals surface area contributed by atoms with E-state index < -0.39 is 17.6 Å². The third kappa shape index (κ3) is 4.97. The molecule has 0 aliphatic rings. The van der Waals surface area contributed by atoms with Gasteiger partial charge in [-0.2, -0.15) is 5.10 Å². The minimum Gasteiger partial charge on any atom is -0.444 e. The Kier molecular flexibility index (Phi) is 5.54. The fourth-order valence-corrected chi connectivity index (χ4v) is 3.12. The Hall–Kier alpha value is -4.28. The minimum absolute atomic E-state index is 0.118. The van der Waals surface area contributed by atoms with Crippen molar-refractivity contribution in [2.75, 3.05) is 10.6 Å². The molecule has 4 aromatic heterocycles. The van der Waals surface area contributed by atoms with Crippen LogP contribution in [0.2, 0.25) is 0 Å². The third-order valence-electron chi connectivity index (χ3n) is 4.63. The van der Waals surface area contributed by atoms with Gasteiger partial charge in [-0.05, 0) is 51.5 Å². The van der Waals surface area contributed by atoms with Crippen LogP contribution in [0.25, 0.3) is 16.8 Å². The number of hydrogen-bond acceptors (Lipinski definition) is 7. The van der Waals surface area contributed by atoms with Crippen molar-refractivity contribution < 1.29 is 14.3 Å². The molecule has 33 heavy (non-hydrogen) atoms. The molecule has 170 valence electrons. The fourth-order valence-electron chi connectivity index (χ4n) is 3.12. The average molecular weight is 448 g/mol. The van der Waals surface area contributed by atoms with Gasteiger partial charge < -0.3 is 10.1 Å². The van der Waals surface area contributed by atoms with E-state index in [1.807, 2.05) is 25.4 Å². The molecule has 0 saturated carbocycles. The van der Waals surface area contributed by atoms with Crippen molar-refractivity contribution in [3.8, 4) is 11.1 Å². The van der Waals surface area contributed by atoms with E-state index in [9.17, 15) is 9.59 Å². The predicted molar refractivity (Wildman–Crippen MR) is 122 cm³/mol. The summed E-state index contributed by atoms with van der Waals surface area (Å²) < 4.78 is 8.56. The molecule has 4 heterocycles. The number of pyridine rings is 2. The predicted octanol–water partition coefficient (Wildman–Crippen LogP) is 3.43. The number of nitrogens with one attached hydrogen (secondary N) is 2. The lowest BCUT2D eigenvalue weighted by Gasteiger charge is -2.19. The Balaban J connectivity index is 1.54. The van der Waals surface area contributed by atoms with Crippen molar-refractivity contribution in [3.63, 3.8) is 0 Å². The summed E-state index contributed by atoms with van der Waals surface area (Å²) in [5, 5.41) is 17.7. The molecule has 0 saturated heterocycles. The summed E-state index contributed by atoms with van der Waals surface area (Å²) in [6.07, 6.45) is 6.26. The van der Waals surface area contributed by atoms with Gasteiger partial charge in [0.25, 0.3) is 5.91 Å². The zero-order valence-corrected chi connectivity index (χ0v) is 18.9. The Morgan fingerprint density at radius 1 is 1.06 bits per heavy atom. The maximum Gasteiger partial charge on any atom is 0.412 e. The molecule has 2 N–H and O–H groups in total. The van der Waals surface area contributed by atoms with Gasteiger partial charge in [0.1, 0.15) is 5.60 Å². The molecule has 4 rings (SSSR count). The van der Waals surface area contributed by atoms with E-state index in [0.717, 1.165) is 11.1 Å². The van der Waals surface area contributed by atoms with E-state index >= 15 is 0 Å². The Bertz CT molecular complexity index is 1350. The lowest BCUT2D eigenvalue weighted by molar-refractivity contribution is 0.0635. The summed E-state index contributed by atoms with van der Waals surface area (Å²) in [6.45, 7) is 7.06. The van der Waals surface area contributed by atoms with Crippen molar-refractivity contribution in [3.05, 3.63) is 54.5 Å². The number of nitrogens with zero attached hydrogens (tertiary/aromatic N) is 6. The number of anilines is 2. The molecular weight excluding hydrogens is 424 g/mol. The van der Waals surface area contributed by atoms with Crippen LogP contribution in [0.5, 0.6) is 0 Å². The quantitative estimate of drug-likeness (QED) is 0.489. The summed E-state index contributed by atoms with van der Waals surface area (Å²) in [5.41, 5.74) is 3.13. The van der Waals surface area contributed by atoms with E-state index in [-0.39, 0.29) is 5.82 Å². The van der Waals surface area contributed by atoms with Crippen molar-refractivity contribution in [2.45, 2.75) is 33.3 Å². The smallest absolute Gasteiger partial charge is 0.412 e. The molecule has 0 aromatic carbocycles. The Morgan fingerprint density at radius 2 is 1.85 bits per heavy atom. The first-order valence-electron chi connectivity index (χ1n) is 10.2. The van der Waals surface area contributed by atoms with Crippen LogP contribution in [0, 0.1) is 6.92 Å². The first kappa shape index (κ1) is 21.9. The molecular formula is C22H24N8O3. The number of fused-ring (bicyclic) bond motifs is 1. The molecule has 2 amide bonds. The van der Waals surface area contributed by atoms with Crippen molar-refractivity contribution >= 4 is 29.0 Å². The second-order valence-corrected chi connectivity index (χ2v) is 8.51. The monoisotopic (exact) mass is 448 g/mol. The molecule has 0 aliphatic carbocycles. The van der Waals surface area contributed by atoms with Crippen LogP contribution in [0.1, 0.15) is 37.1 Å². The van der Waals surface area contributed by atoms with Gasteiger partial charge in [0, 0.05) is 25.0 Å². The molecule has 11 heteroatoms. The number of rotatable bonds is 4. The summed E-state index contributed by atoms with van der Waals surface area (Å²) in [6, 6.07) is 5.30. The fraction of sp³-hybridized carbons (Fsp3) is 0.273. The van der Waals surface area contributed by atoms with Crippen LogP contribution >= 0.6 is 0 Å². The maximum absolute atomic E-state index is 12.9. The summed E-state index contributed by atoms with van der Waals surface area (Å²) in [7, 11) is 1.84. The van der Waals surface area contributed by atoms with Crippen molar-refractivity contribution in [1.29, 1.82) is 0 Å². The molecule has 11 nitrogen and oxygen atoms in total. The van der Waals surface area contributed by atoms with Gasteiger partial charge in [0.2, 0.25) is 5.82 Å². The zero-order chi connectivity index (χ0) is 23.8. The van der Waals surface area contributed by atoms with E-state index in [0.29, 0.717) is 22.7 Å². The standard InChI is InChI=1S/C22H24N8O3/c1-13-17(9-16(11-23-13)25-21(32)33-22(2,3)4)26-20(31)19-28-27-18-8-14(6-7-30(18)19)15-10-24-29(5)12-15/h6-12H,1-5H3,(H,25,32)(H,26,31). The Morgan fingerprint density at radius 3 is 2.55 bits per heavy atom. The number of aryl methyl sites for hydroxylation is 2.